The van der Waals surface area contributed by atoms with Crippen LogP contribution in [0.3, 0.4) is 0 Å². The average Bonchev–Trinajstić information content (AvgIpc) is 2.89. The van der Waals surface area contributed by atoms with Crippen LogP contribution in [-0.4, -0.2) is 17.7 Å². The average molecular weight is 279 g/mol. The highest BCUT2D eigenvalue weighted by atomic mass is 19.1. The third-order valence-electron chi connectivity index (χ3n) is 4.09. The number of nitrogens with zero attached hydrogens (tertiary/aromatic N) is 1. The largest absolute Gasteiger partial charge is 0.389 e. The summed E-state index contributed by atoms with van der Waals surface area (Å²) in [4.78, 5) is 2.23. The molecule has 0 saturated heterocycles. The van der Waals surface area contributed by atoms with Crippen LogP contribution in [0.15, 0.2) is 18.2 Å². The standard InChI is InChI=1S/C17H26FNO/c1-12(2)11-19(15-6-4-5-7-15)17-9-8-14(13(3)20)10-16(17)18/h8-10,12-13,15,20H,4-7,11H2,1-3H3. The zero-order valence-electron chi connectivity index (χ0n) is 12.8. The molecule has 0 spiro atoms. The lowest BCUT2D eigenvalue weighted by atomic mass is 10.1. The molecule has 0 bridgehead atoms. The maximum atomic E-state index is 14.4. The SMILES string of the molecule is CC(C)CN(c1ccc(C(C)O)cc1F)C1CCCC1. The van der Waals surface area contributed by atoms with Crippen LogP contribution in [0.4, 0.5) is 10.1 Å². The lowest BCUT2D eigenvalue weighted by Gasteiger charge is -2.33. The molecule has 3 heteroatoms. The summed E-state index contributed by atoms with van der Waals surface area (Å²) in [5.74, 6) is 0.294. The van der Waals surface area contributed by atoms with E-state index >= 15 is 0 Å². The number of anilines is 1. The fourth-order valence-corrected chi connectivity index (χ4v) is 3.07. The Balaban J connectivity index is 2.27. The molecule has 1 saturated carbocycles. The fourth-order valence-electron chi connectivity index (χ4n) is 3.07. The van der Waals surface area contributed by atoms with Gasteiger partial charge in [0.25, 0.3) is 0 Å². The zero-order chi connectivity index (χ0) is 14.7. The van der Waals surface area contributed by atoms with Crippen molar-refractivity contribution in [2.24, 2.45) is 5.92 Å². The minimum absolute atomic E-state index is 0.212. The molecule has 0 aromatic heterocycles. The highest BCUT2D eigenvalue weighted by Crippen LogP contribution is 2.31. The third-order valence-corrected chi connectivity index (χ3v) is 4.09. The van der Waals surface area contributed by atoms with E-state index in [9.17, 15) is 9.50 Å². The molecule has 0 amide bonds. The van der Waals surface area contributed by atoms with E-state index in [4.69, 9.17) is 0 Å². The van der Waals surface area contributed by atoms with E-state index in [0.29, 0.717) is 23.2 Å². The molecule has 1 aliphatic rings. The zero-order valence-corrected chi connectivity index (χ0v) is 12.8. The second-order valence-electron chi connectivity index (χ2n) is 6.37. The van der Waals surface area contributed by atoms with Gasteiger partial charge < -0.3 is 10.0 Å². The lowest BCUT2D eigenvalue weighted by Crippen LogP contribution is -2.37. The summed E-state index contributed by atoms with van der Waals surface area (Å²) in [6, 6.07) is 5.61. The van der Waals surface area contributed by atoms with Gasteiger partial charge in [-0.15, -0.1) is 0 Å². The van der Waals surface area contributed by atoms with Gasteiger partial charge in [0, 0.05) is 12.6 Å². The van der Waals surface area contributed by atoms with Gasteiger partial charge in [0.1, 0.15) is 5.82 Å². The van der Waals surface area contributed by atoms with E-state index in [2.05, 4.69) is 18.7 Å². The minimum Gasteiger partial charge on any atom is -0.389 e. The van der Waals surface area contributed by atoms with Crippen molar-refractivity contribution in [3.8, 4) is 0 Å². The van der Waals surface area contributed by atoms with Crippen LogP contribution < -0.4 is 4.90 Å². The summed E-state index contributed by atoms with van der Waals surface area (Å²) in [5, 5.41) is 9.55. The van der Waals surface area contributed by atoms with Crippen LogP contribution in [0.25, 0.3) is 0 Å². The van der Waals surface area contributed by atoms with E-state index in [1.807, 2.05) is 12.1 Å². The van der Waals surface area contributed by atoms with Crippen molar-refractivity contribution in [2.75, 3.05) is 11.4 Å². The van der Waals surface area contributed by atoms with Gasteiger partial charge in [-0.2, -0.15) is 0 Å². The predicted molar refractivity (Wildman–Crippen MR) is 81.5 cm³/mol. The number of benzene rings is 1. The molecular formula is C17H26FNO. The van der Waals surface area contributed by atoms with Crippen LogP contribution in [-0.2, 0) is 0 Å². The molecule has 1 atom stereocenters. The highest BCUT2D eigenvalue weighted by Gasteiger charge is 2.25. The smallest absolute Gasteiger partial charge is 0.146 e. The molecule has 0 aliphatic heterocycles. The number of rotatable bonds is 5. The van der Waals surface area contributed by atoms with E-state index < -0.39 is 6.10 Å². The normalized spacial score (nSPS) is 17.7. The van der Waals surface area contributed by atoms with E-state index in [1.165, 1.54) is 18.9 Å². The van der Waals surface area contributed by atoms with Crippen LogP contribution >= 0.6 is 0 Å². The lowest BCUT2D eigenvalue weighted by molar-refractivity contribution is 0.199. The van der Waals surface area contributed by atoms with Gasteiger partial charge in [0.2, 0.25) is 0 Å². The predicted octanol–water partition coefficient (Wildman–Crippen LogP) is 4.28. The molecule has 1 aromatic rings. The molecule has 112 valence electrons. The number of aliphatic hydroxyl groups excluding tert-OH is 1. The molecular weight excluding hydrogens is 253 g/mol. The van der Waals surface area contributed by atoms with Crippen molar-refractivity contribution >= 4 is 5.69 Å². The summed E-state index contributed by atoms with van der Waals surface area (Å²) in [6.45, 7) is 6.89. The Morgan fingerprint density at radius 3 is 2.40 bits per heavy atom. The van der Waals surface area contributed by atoms with E-state index in [0.717, 1.165) is 19.4 Å². The third kappa shape index (κ3) is 3.51. The van der Waals surface area contributed by atoms with Crippen molar-refractivity contribution in [1.29, 1.82) is 0 Å². The van der Waals surface area contributed by atoms with Crippen LogP contribution in [0, 0.1) is 11.7 Å². The van der Waals surface area contributed by atoms with Gasteiger partial charge in [-0.25, -0.2) is 4.39 Å². The molecule has 2 nitrogen and oxygen atoms in total. The summed E-state index contributed by atoms with van der Waals surface area (Å²) >= 11 is 0. The van der Waals surface area contributed by atoms with Gasteiger partial charge >= 0.3 is 0 Å². The molecule has 1 N–H and O–H groups in total. The van der Waals surface area contributed by atoms with Gasteiger partial charge in [0.15, 0.2) is 0 Å². The molecule has 0 radical (unpaired) electrons. The Hall–Kier alpha value is -1.09. The summed E-state index contributed by atoms with van der Waals surface area (Å²) in [7, 11) is 0. The summed E-state index contributed by atoms with van der Waals surface area (Å²) in [6.07, 6.45) is 4.18. The first-order valence-corrected chi connectivity index (χ1v) is 7.73. The Morgan fingerprint density at radius 1 is 1.25 bits per heavy atom. The summed E-state index contributed by atoms with van der Waals surface area (Å²) < 4.78 is 14.4. The van der Waals surface area contributed by atoms with Crippen molar-refractivity contribution in [2.45, 2.75) is 58.6 Å². The Labute approximate surface area is 121 Å². The topological polar surface area (TPSA) is 23.5 Å². The van der Waals surface area contributed by atoms with Crippen LogP contribution in [0.5, 0.6) is 0 Å². The molecule has 1 fully saturated rings. The molecule has 20 heavy (non-hydrogen) atoms. The number of hydrogen-bond acceptors (Lipinski definition) is 2. The Kier molecular flexibility index (Phi) is 5.03. The monoisotopic (exact) mass is 279 g/mol. The molecule has 1 aliphatic carbocycles. The molecule has 0 heterocycles. The van der Waals surface area contributed by atoms with Crippen molar-refractivity contribution in [1.82, 2.24) is 0 Å². The fraction of sp³-hybridized carbons (Fsp3) is 0.647. The number of aliphatic hydroxyl groups is 1. The van der Waals surface area contributed by atoms with Gasteiger partial charge in [-0.3, -0.25) is 0 Å². The van der Waals surface area contributed by atoms with Crippen molar-refractivity contribution in [3.63, 3.8) is 0 Å². The number of halogens is 1. The molecule has 2 rings (SSSR count). The second-order valence-corrected chi connectivity index (χ2v) is 6.37. The molecule has 1 aromatic carbocycles. The first kappa shape index (κ1) is 15.3. The van der Waals surface area contributed by atoms with Gasteiger partial charge in [-0.1, -0.05) is 32.8 Å². The van der Waals surface area contributed by atoms with Crippen molar-refractivity contribution in [3.05, 3.63) is 29.6 Å². The van der Waals surface area contributed by atoms with E-state index in [1.54, 1.807) is 6.92 Å². The minimum atomic E-state index is -0.622. The van der Waals surface area contributed by atoms with Gasteiger partial charge in [0.05, 0.1) is 11.8 Å². The first-order chi connectivity index (χ1) is 9.49. The van der Waals surface area contributed by atoms with E-state index in [-0.39, 0.29) is 5.82 Å². The quantitative estimate of drug-likeness (QED) is 0.869. The highest BCUT2D eigenvalue weighted by molar-refractivity contribution is 5.50. The Morgan fingerprint density at radius 2 is 1.90 bits per heavy atom. The molecule has 1 unspecified atom stereocenters. The van der Waals surface area contributed by atoms with Gasteiger partial charge in [-0.05, 0) is 43.4 Å². The maximum Gasteiger partial charge on any atom is 0.146 e. The number of hydrogen-bond donors (Lipinski definition) is 1. The maximum absolute atomic E-state index is 14.4. The van der Waals surface area contributed by atoms with Crippen LogP contribution in [0.1, 0.15) is 58.1 Å². The second kappa shape index (κ2) is 6.57. The van der Waals surface area contributed by atoms with Crippen molar-refractivity contribution < 1.29 is 9.50 Å². The van der Waals surface area contributed by atoms with Crippen LogP contribution in [0.2, 0.25) is 0 Å². The Bertz CT molecular complexity index is 439. The first-order valence-electron chi connectivity index (χ1n) is 7.73. The summed E-state index contributed by atoms with van der Waals surface area (Å²) in [5.41, 5.74) is 1.33.